The predicted octanol–water partition coefficient (Wildman–Crippen LogP) is 2.42. The largest absolute Gasteiger partial charge is 0.349 e. The third-order valence-corrected chi connectivity index (χ3v) is 5.21. The predicted molar refractivity (Wildman–Crippen MR) is 106 cm³/mol. The van der Waals surface area contributed by atoms with Crippen molar-refractivity contribution in [3.63, 3.8) is 0 Å². The summed E-state index contributed by atoms with van der Waals surface area (Å²) in [6, 6.07) is 9.14. The van der Waals surface area contributed by atoms with Crippen LogP contribution in [0.25, 0.3) is 5.95 Å². The van der Waals surface area contributed by atoms with Crippen molar-refractivity contribution in [2.75, 3.05) is 11.6 Å². The minimum atomic E-state index is -0.201. The first kappa shape index (κ1) is 19.2. The van der Waals surface area contributed by atoms with E-state index in [-0.39, 0.29) is 17.7 Å². The number of nitrogens with two attached hydrogens (primary N) is 1. The van der Waals surface area contributed by atoms with Crippen molar-refractivity contribution in [2.45, 2.75) is 32.0 Å². The molecule has 0 saturated heterocycles. The van der Waals surface area contributed by atoms with Gasteiger partial charge in [0.25, 0.3) is 5.95 Å². The first-order chi connectivity index (χ1) is 12.9. The highest BCUT2D eigenvalue weighted by Crippen LogP contribution is 2.23. The van der Waals surface area contributed by atoms with Gasteiger partial charge < -0.3 is 11.2 Å². The van der Waals surface area contributed by atoms with Gasteiger partial charge in [-0.3, -0.25) is 4.79 Å². The number of hydrogen-bond acceptors (Lipinski definition) is 6. The van der Waals surface area contributed by atoms with Crippen LogP contribution >= 0.6 is 23.4 Å². The Morgan fingerprint density at radius 3 is 2.74 bits per heavy atom. The SMILES string of the molecule is Cc1cc(C)n(-c2nnc(SCC(=O)N[C@@H](C)c3ccccc3Cl)n2N)n1. The number of benzene rings is 1. The summed E-state index contributed by atoms with van der Waals surface area (Å²) in [6.07, 6.45) is 0. The summed E-state index contributed by atoms with van der Waals surface area (Å²) in [4.78, 5) is 12.3. The van der Waals surface area contributed by atoms with Crippen LogP contribution in [0.5, 0.6) is 0 Å². The Labute approximate surface area is 166 Å². The number of hydrogen-bond donors (Lipinski definition) is 2. The number of aromatic nitrogens is 5. The Balaban J connectivity index is 1.63. The second-order valence-electron chi connectivity index (χ2n) is 6.09. The van der Waals surface area contributed by atoms with Crippen LogP contribution in [-0.2, 0) is 4.79 Å². The van der Waals surface area contributed by atoms with E-state index in [2.05, 4.69) is 20.6 Å². The fourth-order valence-corrected chi connectivity index (χ4v) is 3.62. The third-order valence-electron chi connectivity index (χ3n) is 3.93. The van der Waals surface area contributed by atoms with Gasteiger partial charge in [0.15, 0.2) is 0 Å². The average Bonchev–Trinajstić information content (AvgIpc) is 3.14. The van der Waals surface area contributed by atoms with Gasteiger partial charge in [-0.05, 0) is 38.5 Å². The van der Waals surface area contributed by atoms with E-state index < -0.39 is 0 Å². The molecular weight excluding hydrogens is 386 g/mol. The molecule has 0 spiro atoms. The number of nitrogen functional groups attached to an aromatic ring is 1. The van der Waals surface area contributed by atoms with Gasteiger partial charge in [-0.1, -0.05) is 41.6 Å². The van der Waals surface area contributed by atoms with Crippen LogP contribution in [0.3, 0.4) is 0 Å². The molecule has 1 atom stereocenters. The normalized spacial score (nSPS) is 12.1. The van der Waals surface area contributed by atoms with Crippen molar-refractivity contribution in [1.82, 2.24) is 30.0 Å². The number of aryl methyl sites for hydroxylation is 2. The number of carbonyl (C=O) groups is 1. The first-order valence-corrected chi connectivity index (χ1v) is 9.64. The lowest BCUT2D eigenvalue weighted by Crippen LogP contribution is -2.28. The van der Waals surface area contributed by atoms with E-state index in [1.807, 2.05) is 45.0 Å². The monoisotopic (exact) mass is 405 g/mol. The maximum atomic E-state index is 12.3. The van der Waals surface area contributed by atoms with E-state index in [1.54, 1.807) is 10.7 Å². The van der Waals surface area contributed by atoms with Crippen molar-refractivity contribution in [2.24, 2.45) is 0 Å². The van der Waals surface area contributed by atoms with Crippen molar-refractivity contribution >= 4 is 29.3 Å². The maximum Gasteiger partial charge on any atom is 0.271 e. The summed E-state index contributed by atoms with van der Waals surface area (Å²) in [5.41, 5.74) is 2.62. The molecule has 1 amide bonds. The minimum absolute atomic E-state index is 0.150. The fraction of sp³-hybridized carbons (Fsp3) is 0.294. The fourth-order valence-electron chi connectivity index (χ4n) is 2.66. The van der Waals surface area contributed by atoms with E-state index in [9.17, 15) is 4.79 Å². The average molecular weight is 406 g/mol. The van der Waals surface area contributed by atoms with Crippen LogP contribution in [0.2, 0.25) is 5.02 Å². The standard InChI is InChI=1S/C17H20ClN7OS/c1-10-8-11(2)25(23-10)16-21-22-17(24(16)19)27-9-15(26)20-12(3)13-6-4-5-7-14(13)18/h4-8,12H,9,19H2,1-3H3,(H,20,26)/t12-/m0/s1. The topological polar surface area (TPSA) is 104 Å². The molecule has 142 valence electrons. The second kappa shape index (κ2) is 8.01. The van der Waals surface area contributed by atoms with Crippen LogP contribution in [0, 0.1) is 13.8 Å². The molecule has 3 N–H and O–H groups in total. The number of halogens is 1. The van der Waals surface area contributed by atoms with E-state index in [4.69, 9.17) is 17.4 Å². The van der Waals surface area contributed by atoms with Gasteiger partial charge in [0.1, 0.15) is 0 Å². The summed E-state index contributed by atoms with van der Waals surface area (Å²) < 4.78 is 2.95. The molecule has 0 aliphatic carbocycles. The van der Waals surface area contributed by atoms with Crippen molar-refractivity contribution in [3.05, 3.63) is 52.3 Å². The van der Waals surface area contributed by atoms with Crippen molar-refractivity contribution in [3.8, 4) is 5.95 Å². The zero-order valence-electron chi connectivity index (χ0n) is 15.2. The molecule has 0 fully saturated rings. The number of thioether (sulfide) groups is 1. The lowest BCUT2D eigenvalue weighted by atomic mass is 10.1. The summed E-state index contributed by atoms with van der Waals surface area (Å²) in [7, 11) is 0. The molecule has 3 aromatic rings. The van der Waals surface area contributed by atoms with Crippen LogP contribution in [-0.4, -0.2) is 36.3 Å². The lowest BCUT2D eigenvalue weighted by Gasteiger charge is -2.15. The Hall–Kier alpha value is -2.52. The number of nitrogens with one attached hydrogen (secondary N) is 1. The molecule has 1 aromatic carbocycles. The Kier molecular flexibility index (Phi) is 5.71. The molecule has 0 radical (unpaired) electrons. The number of amides is 1. The molecule has 0 unspecified atom stereocenters. The number of nitrogens with zero attached hydrogens (tertiary/aromatic N) is 5. The van der Waals surface area contributed by atoms with Crippen molar-refractivity contribution < 1.29 is 4.79 Å². The van der Waals surface area contributed by atoms with E-state index in [0.717, 1.165) is 17.0 Å². The molecule has 2 heterocycles. The van der Waals surface area contributed by atoms with Gasteiger partial charge in [0, 0.05) is 10.7 Å². The Morgan fingerprint density at radius 1 is 1.33 bits per heavy atom. The zero-order chi connectivity index (χ0) is 19.6. The summed E-state index contributed by atoms with van der Waals surface area (Å²) in [6.45, 7) is 5.68. The molecular formula is C17H20ClN7OS. The molecule has 2 aromatic heterocycles. The van der Waals surface area contributed by atoms with Gasteiger partial charge >= 0.3 is 0 Å². The number of rotatable bonds is 6. The number of carbonyl (C=O) groups excluding carboxylic acids is 1. The third kappa shape index (κ3) is 4.25. The van der Waals surface area contributed by atoms with Gasteiger partial charge in [0.2, 0.25) is 11.1 Å². The van der Waals surface area contributed by atoms with E-state index >= 15 is 0 Å². The highest BCUT2D eigenvalue weighted by molar-refractivity contribution is 7.99. The molecule has 0 aliphatic rings. The first-order valence-electron chi connectivity index (χ1n) is 8.27. The Morgan fingerprint density at radius 2 is 2.07 bits per heavy atom. The zero-order valence-corrected chi connectivity index (χ0v) is 16.8. The second-order valence-corrected chi connectivity index (χ2v) is 7.44. The van der Waals surface area contributed by atoms with Crippen LogP contribution < -0.4 is 11.2 Å². The molecule has 27 heavy (non-hydrogen) atoms. The van der Waals surface area contributed by atoms with Gasteiger partial charge in [0.05, 0.1) is 17.5 Å². The summed E-state index contributed by atoms with van der Waals surface area (Å²) in [5, 5.41) is 16.4. The summed E-state index contributed by atoms with van der Waals surface area (Å²) in [5.74, 6) is 6.47. The van der Waals surface area contributed by atoms with Gasteiger partial charge in [-0.15, -0.1) is 10.2 Å². The smallest absolute Gasteiger partial charge is 0.271 e. The van der Waals surface area contributed by atoms with Crippen LogP contribution in [0.4, 0.5) is 0 Å². The maximum absolute atomic E-state index is 12.3. The lowest BCUT2D eigenvalue weighted by molar-refractivity contribution is -0.119. The molecule has 3 rings (SSSR count). The highest BCUT2D eigenvalue weighted by atomic mass is 35.5. The molecule has 10 heteroatoms. The molecule has 0 aliphatic heterocycles. The van der Waals surface area contributed by atoms with Gasteiger partial charge in [-0.2, -0.15) is 5.10 Å². The molecule has 0 bridgehead atoms. The minimum Gasteiger partial charge on any atom is -0.349 e. The van der Waals surface area contributed by atoms with E-state index in [0.29, 0.717) is 16.1 Å². The molecule has 0 saturated carbocycles. The molecule has 8 nitrogen and oxygen atoms in total. The van der Waals surface area contributed by atoms with Crippen LogP contribution in [0.15, 0.2) is 35.5 Å². The van der Waals surface area contributed by atoms with Crippen LogP contribution in [0.1, 0.15) is 29.9 Å². The highest BCUT2D eigenvalue weighted by Gasteiger charge is 2.17. The van der Waals surface area contributed by atoms with E-state index in [1.165, 1.54) is 16.4 Å². The van der Waals surface area contributed by atoms with Gasteiger partial charge in [-0.25, -0.2) is 9.36 Å². The summed E-state index contributed by atoms with van der Waals surface area (Å²) >= 11 is 7.37. The van der Waals surface area contributed by atoms with Crippen molar-refractivity contribution in [1.29, 1.82) is 0 Å². The quantitative estimate of drug-likeness (QED) is 0.482. The Bertz CT molecular complexity index is 968.